The van der Waals surface area contributed by atoms with E-state index in [4.69, 9.17) is 5.73 Å². The summed E-state index contributed by atoms with van der Waals surface area (Å²) in [4.78, 5) is 14.1. The van der Waals surface area contributed by atoms with Gasteiger partial charge in [-0.2, -0.15) is 5.10 Å². The Morgan fingerprint density at radius 2 is 2.20 bits per heavy atom. The van der Waals surface area contributed by atoms with Crippen LogP contribution in [0, 0.1) is 0 Å². The molecule has 1 aromatic carbocycles. The van der Waals surface area contributed by atoms with Crippen LogP contribution in [0.3, 0.4) is 0 Å². The van der Waals surface area contributed by atoms with E-state index in [0.717, 1.165) is 11.3 Å². The maximum Gasteiger partial charge on any atom is 0.251 e. The maximum atomic E-state index is 12.1. The molecule has 1 heterocycles. The average molecular weight is 273 g/mol. The molecular formula is C14H19N5O. The number of carbonyl (C=O) groups excluding carboxylic acids is 1. The molecule has 0 saturated heterocycles. The van der Waals surface area contributed by atoms with Crippen molar-refractivity contribution in [2.24, 2.45) is 7.05 Å². The molecule has 0 unspecified atom stereocenters. The number of carbonyl (C=O) groups is 1. The first kappa shape index (κ1) is 13.9. The van der Waals surface area contributed by atoms with Crippen molar-refractivity contribution in [3.05, 3.63) is 41.6 Å². The lowest BCUT2D eigenvalue weighted by Gasteiger charge is -2.13. The molecule has 0 aliphatic rings. The first-order chi connectivity index (χ1) is 9.49. The Bertz CT molecular complexity index is 618. The largest absolute Gasteiger partial charge is 0.384 e. The fourth-order valence-corrected chi connectivity index (χ4v) is 1.83. The Morgan fingerprint density at radius 3 is 2.80 bits per heavy atom. The number of nitrogens with two attached hydrogens (primary N) is 1. The zero-order valence-electron chi connectivity index (χ0n) is 11.9. The van der Waals surface area contributed by atoms with Crippen molar-refractivity contribution in [1.82, 2.24) is 15.1 Å². The average Bonchev–Trinajstić information content (AvgIpc) is 2.76. The number of benzene rings is 1. The summed E-state index contributed by atoms with van der Waals surface area (Å²) in [6, 6.07) is 7.45. The molecule has 1 aromatic heterocycles. The van der Waals surface area contributed by atoms with E-state index in [1.54, 1.807) is 24.0 Å². The number of aromatic nitrogens is 2. The molecule has 0 bridgehead atoms. The van der Waals surface area contributed by atoms with Crippen LogP contribution >= 0.6 is 0 Å². The molecule has 3 N–H and O–H groups in total. The Morgan fingerprint density at radius 1 is 1.45 bits per heavy atom. The van der Waals surface area contributed by atoms with Gasteiger partial charge in [0.25, 0.3) is 5.91 Å². The van der Waals surface area contributed by atoms with Gasteiger partial charge in [-0.15, -0.1) is 0 Å². The van der Waals surface area contributed by atoms with Crippen molar-refractivity contribution in [2.45, 2.75) is 6.54 Å². The van der Waals surface area contributed by atoms with Gasteiger partial charge in [0, 0.05) is 44.5 Å². The zero-order chi connectivity index (χ0) is 14.7. The zero-order valence-corrected chi connectivity index (χ0v) is 11.9. The molecule has 6 nitrogen and oxygen atoms in total. The summed E-state index contributed by atoms with van der Waals surface area (Å²) in [7, 11) is 5.64. The van der Waals surface area contributed by atoms with Gasteiger partial charge in [-0.3, -0.25) is 9.48 Å². The van der Waals surface area contributed by atoms with E-state index in [1.165, 1.54) is 0 Å². The van der Waals surface area contributed by atoms with Gasteiger partial charge in [0.1, 0.15) is 5.82 Å². The molecule has 0 saturated carbocycles. The van der Waals surface area contributed by atoms with E-state index >= 15 is 0 Å². The highest BCUT2D eigenvalue weighted by Crippen LogP contribution is 2.14. The van der Waals surface area contributed by atoms with Gasteiger partial charge in [0.05, 0.1) is 6.20 Å². The maximum absolute atomic E-state index is 12.1. The van der Waals surface area contributed by atoms with Gasteiger partial charge in [0.2, 0.25) is 0 Å². The van der Waals surface area contributed by atoms with Gasteiger partial charge < -0.3 is 16.0 Å². The molecule has 20 heavy (non-hydrogen) atoms. The van der Waals surface area contributed by atoms with Crippen LogP contribution in [0.5, 0.6) is 0 Å². The molecule has 2 rings (SSSR count). The Hall–Kier alpha value is -2.50. The highest BCUT2D eigenvalue weighted by atomic mass is 16.1. The van der Waals surface area contributed by atoms with E-state index in [1.807, 2.05) is 37.2 Å². The standard InChI is InChI=1S/C14H19N5O/c1-18(2)12-6-4-5-10(7-12)14(20)16-8-11-9-17-19(3)13(11)15/h4-7,9H,8,15H2,1-3H3,(H,16,20). The minimum atomic E-state index is -0.128. The minimum Gasteiger partial charge on any atom is -0.384 e. The van der Waals surface area contributed by atoms with Crippen molar-refractivity contribution in [2.75, 3.05) is 24.7 Å². The van der Waals surface area contributed by atoms with E-state index in [9.17, 15) is 4.79 Å². The van der Waals surface area contributed by atoms with Gasteiger partial charge in [-0.05, 0) is 18.2 Å². The molecule has 0 atom stereocenters. The predicted octanol–water partition coefficient (Wildman–Crippen LogP) is 0.998. The van der Waals surface area contributed by atoms with Crippen LogP contribution in [0.25, 0.3) is 0 Å². The highest BCUT2D eigenvalue weighted by molar-refractivity contribution is 5.95. The molecule has 0 aliphatic carbocycles. The smallest absolute Gasteiger partial charge is 0.251 e. The predicted molar refractivity (Wildman–Crippen MR) is 79.6 cm³/mol. The third-order valence-electron chi connectivity index (χ3n) is 3.13. The number of hydrogen-bond acceptors (Lipinski definition) is 4. The van der Waals surface area contributed by atoms with Gasteiger partial charge >= 0.3 is 0 Å². The second-order valence-corrected chi connectivity index (χ2v) is 4.81. The number of amides is 1. The summed E-state index contributed by atoms with van der Waals surface area (Å²) in [6.07, 6.45) is 1.66. The third-order valence-corrected chi connectivity index (χ3v) is 3.13. The lowest BCUT2D eigenvalue weighted by molar-refractivity contribution is 0.0951. The molecular weight excluding hydrogens is 254 g/mol. The normalized spacial score (nSPS) is 10.3. The quantitative estimate of drug-likeness (QED) is 0.871. The third kappa shape index (κ3) is 2.90. The van der Waals surface area contributed by atoms with Crippen LogP contribution in [0.4, 0.5) is 11.5 Å². The van der Waals surface area contributed by atoms with E-state index < -0.39 is 0 Å². The number of nitrogen functional groups attached to an aromatic ring is 1. The van der Waals surface area contributed by atoms with E-state index in [0.29, 0.717) is 17.9 Å². The Labute approximate surface area is 118 Å². The summed E-state index contributed by atoms with van der Waals surface area (Å²) in [5, 5.41) is 6.88. The Kier molecular flexibility index (Phi) is 3.93. The minimum absolute atomic E-state index is 0.128. The summed E-state index contributed by atoms with van der Waals surface area (Å²) >= 11 is 0. The molecule has 1 amide bonds. The van der Waals surface area contributed by atoms with E-state index in [-0.39, 0.29) is 5.91 Å². The number of aryl methyl sites for hydroxylation is 1. The van der Waals surface area contributed by atoms with Crippen LogP contribution < -0.4 is 16.0 Å². The van der Waals surface area contributed by atoms with Crippen LogP contribution in [0.15, 0.2) is 30.5 Å². The molecule has 0 radical (unpaired) electrons. The first-order valence-corrected chi connectivity index (χ1v) is 6.31. The molecule has 106 valence electrons. The summed E-state index contributed by atoms with van der Waals surface area (Å²) < 4.78 is 1.58. The van der Waals surface area contributed by atoms with Gasteiger partial charge in [-0.25, -0.2) is 0 Å². The molecule has 0 fully saturated rings. The van der Waals surface area contributed by atoms with Crippen LogP contribution in [-0.2, 0) is 13.6 Å². The van der Waals surface area contributed by atoms with Crippen molar-refractivity contribution in [3.63, 3.8) is 0 Å². The van der Waals surface area contributed by atoms with Crippen molar-refractivity contribution >= 4 is 17.4 Å². The number of nitrogens with one attached hydrogen (secondary N) is 1. The van der Waals surface area contributed by atoms with Crippen LogP contribution in [0.1, 0.15) is 15.9 Å². The molecule has 0 aliphatic heterocycles. The van der Waals surface area contributed by atoms with Crippen LogP contribution in [-0.4, -0.2) is 29.8 Å². The summed E-state index contributed by atoms with van der Waals surface area (Å²) in [5.74, 6) is 0.435. The summed E-state index contributed by atoms with van der Waals surface area (Å²) in [6.45, 7) is 0.366. The highest BCUT2D eigenvalue weighted by Gasteiger charge is 2.09. The van der Waals surface area contributed by atoms with Crippen LogP contribution in [0.2, 0.25) is 0 Å². The van der Waals surface area contributed by atoms with Crippen molar-refractivity contribution < 1.29 is 4.79 Å². The van der Waals surface area contributed by atoms with Gasteiger partial charge in [0.15, 0.2) is 0 Å². The van der Waals surface area contributed by atoms with Crippen molar-refractivity contribution in [3.8, 4) is 0 Å². The SMILES string of the molecule is CN(C)c1cccc(C(=O)NCc2cnn(C)c2N)c1. The van der Waals surface area contributed by atoms with Gasteiger partial charge in [-0.1, -0.05) is 6.07 Å². The molecule has 6 heteroatoms. The lowest BCUT2D eigenvalue weighted by atomic mass is 10.1. The molecule has 0 spiro atoms. The lowest BCUT2D eigenvalue weighted by Crippen LogP contribution is -2.23. The second-order valence-electron chi connectivity index (χ2n) is 4.81. The first-order valence-electron chi connectivity index (χ1n) is 6.31. The number of nitrogens with zero attached hydrogens (tertiary/aromatic N) is 3. The molecule has 2 aromatic rings. The van der Waals surface area contributed by atoms with Crippen molar-refractivity contribution in [1.29, 1.82) is 0 Å². The second kappa shape index (κ2) is 5.64. The topological polar surface area (TPSA) is 76.2 Å². The monoisotopic (exact) mass is 273 g/mol. The number of rotatable bonds is 4. The summed E-state index contributed by atoms with van der Waals surface area (Å²) in [5.41, 5.74) is 8.25. The number of hydrogen-bond donors (Lipinski definition) is 2. The fourth-order valence-electron chi connectivity index (χ4n) is 1.83. The number of anilines is 2. The Balaban J connectivity index is 2.05. The fraction of sp³-hybridized carbons (Fsp3) is 0.286. The van der Waals surface area contributed by atoms with E-state index in [2.05, 4.69) is 10.4 Å².